The standard InChI is InChI=1S/C9H12O3S/c1-3-13(10,11)12-9-7-5-4-6-8(9)2/h4-7H,3H2,1-2H3. The van der Waals surface area contributed by atoms with E-state index in [9.17, 15) is 8.42 Å². The zero-order chi connectivity index (χ0) is 9.90. The highest BCUT2D eigenvalue weighted by molar-refractivity contribution is 7.87. The summed E-state index contributed by atoms with van der Waals surface area (Å²) >= 11 is 0. The molecule has 0 atom stereocenters. The molecule has 0 aromatic heterocycles. The Morgan fingerprint density at radius 1 is 1.31 bits per heavy atom. The maximum Gasteiger partial charge on any atom is 0.308 e. The average Bonchev–Trinajstić information content (AvgIpc) is 2.09. The van der Waals surface area contributed by atoms with Crippen LogP contribution in [0, 0.1) is 6.92 Å². The van der Waals surface area contributed by atoms with Gasteiger partial charge in [-0.2, -0.15) is 8.42 Å². The number of rotatable bonds is 3. The molecule has 4 heteroatoms. The maximum atomic E-state index is 11.1. The Morgan fingerprint density at radius 2 is 1.92 bits per heavy atom. The van der Waals surface area contributed by atoms with Gasteiger partial charge in [-0.3, -0.25) is 0 Å². The minimum atomic E-state index is -3.40. The first-order chi connectivity index (χ1) is 6.05. The lowest BCUT2D eigenvalue weighted by atomic mass is 10.2. The van der Waals surface area contributed by atoms with Gasteiger partial charge in [0, 0.05) is 0 Å². The van der Waals surface area contributed by atoms with E-state index in [1.807, 2.05) is 6.07 Å². The van der Waals surface area contributed by atoms with Crippen molar-refractivity contribution < 1.29 is 12.6 Å². The van der Waals surface area contributed by atoms with Crippen molar-refractivity contribution in [2.24, 2.45) is 0 Å². The van der Waals surface area contributed by atoms with Crippen LogP contribution < -0.4 is 4.18 Å². The number of hydrogen-bond acceptors (Lipinski definition) is 3. The lowest BCUT2D eigenvalue weighted by Crippen LogP contribution is -2.11. The highest BCUT2D eigenvalue weighted by Crippen LogP contribution is 2.18. The number of para-hydroxylation sites is 1. The minimum absolute atomic E-state index is 0.0126. The van der Waals surface area contributed by atoms with Crippen molar-refractivity contribution in [3.63, 3.8) is 0 Å². The molecule has 13 heavy (non-hydrogen) atoms. The zero-order valence-corrected chi connectivity index (χ0v) is 8.47. The van der Waals surface area contributed by atoms with Crippen molar-refractivity contribution in [1.29, 1.82) is 0 Å². The van der Waals surface area contributed by atoms with Gasteiger partial charge in [0.2, 0.25) is 0 Å². The molecule has 1 aromatic rings. The molecule has 3 nitrogen and oxygen atoms in total. The molecule has 0 radical (unpaired) electrons. The molecule has 72 valence electrons. The van der Waals surface area contributed by atoms with Crippen LogP contribution in [0.3, 0.4) is 0 Å². The lowest BCUT2D eigenvalue weighted by molar-refractivity contribution is 0.485. The molecule has 0 heterocycles. The second-order valence-electron chi connectivity index (χ2n) is 2.70. The number of benzene rings is 1. The van der Waals surface area contributed by atoms with Gasteiger partial charge in [0.05, 0.1) is 5.75 Å². The van der Waals surface area contributed by atoms with E-state index in [0.29, 0.717) is 5.75 Å². The fraction of sp³-hybridized carbons (Fsp3) is 0.333. The maximum absolute atomic E-state index is 11.1. The third kappa shape index (κ3) is 2.73. The fourth-order valence-electron chi connectivity index (χ4n) is 0.846. The number of hydrogen-bond donors (Lipinski definition) is 0. The van der Waals surface area contributed by atoms with Crippen LogP contribution in [0.2, 0.25) is 0 Å². The van der Waals surface area contributed by atoms with E-state index in [-0.39, 0.29) is 5.75 Å². The van der Waals surface area contributed by atoms with Crippen LogP contribution in [0.25, 0.3) is 0 Å². The highest BCUT2D eigenvalue weighted by atomic mass is 32.2. The molecule has 0 saturated carbocycles. The van der Waals surface area contributed by atoms with Crippen LogP contribution in [-0.4, -0.2) is 14.2 Å². The Morgan fingerprint density at radius 3 is 2.46 bits per heavy atom. The smallest absolute Gasteiger partial charge is 0.308 e. The van der Waals surface area contributed by atoms with Crippen LogP contribution in [0.5, 0.6) is 5.75 Å². The quantitative estimate of drug-likeness (QED) is 0.698. The summed E-state index contributed by atoms with van der Waals surface area (Å²) < 4.78 is 27.1. The first kappa shape index (κ1) is 10.1. The minimum Gasteiger partial charge on any atom is -0.382 e. The van der Waals surface area contributed by atoms with E-state index in [4.69, 9.17) is 4.18 Å². The molecule has 0 aliphatic heterocycles. The van der Waals surface area contributed by atoms with E-state index < -0.39 is 10.1 Å². The van der Waals surface area contributed by atoms with Crippen molar-refractivity contribution in [2.45, 2.75) is 13.8 Å². The molecular formula is C9H12O3S. The Hall–Kier alpha value is -1.03. The predicted octanol–water partition coefficient (Wildman–Crippen LogP) is 1.72. The van der Waals surface area contributed by atoms with Crippen LogP contribution >= 0.6 is 0 Å². The van der Waals surface area contributed by atoms with Crippen molar-refractivity contribution in [2.75, 3.05) is 5.75 Å². The largest absolute Gasteiger partial charge is 0.382 e. The Kier molecular flexibility index (Phi) is 2.93. The van der Waals surface area contributed by atoms with Gasteiger partial charge in [0.25, 0.3) is 0 Å². The van der Waals surface area contributed by atoms with Crippen LogP contribution in [-0.2, 0) is 10.1 Å². The monoisotopic (exact) mass is 200 g/mol. The fourth-order valence-corrected chi connectivity index (χ4v) is 1.42. The summed E-state index contributed by atoms with van der Waals surface area (Å²) in [6, 6.07) is 7.03. The first-order valence-electron chi connectivity index (χ1n) is 4.03. The van der Waals surface area contributed by atoms with Crippen molar-refractivity contribution in [3.05, 3.63) is 29.8 Å². The molecule has 0 bridgehead atoms. The molecule has 0 N–H and O–H groups in total. The van der Waals surface area contributed by atoms with E-state index in [2.05, 4.69) is 0 Å². The van der Waals surface area contributed by atoms with Gasteiger partial charge in [0.1, 0.15) is 5.75 Å². The predicted molar refractivity (Wildman–Crippen MR) is 51.3 cm³/mol. The van der Waals surface area contributed by atoms with Crippen LogP contribution in [0.1, 0.15) is 12.5 Å². The summed E-state index contributed by atoms with van der Waals surface area (Å²) in [5, 5.41) is 0. The van der Waals surface area contributed by atoms with Crippen molar-refractivity contribution in [1.82, 2.24) is 0 Å². The molecule has 0 unspecified atom stereocenters. The molecular weight excluding hydrogens is 188 g/mol. The summed E-state index contributed by atoms with van der Waals surface area (Å²) in [6.45, 7) is 3.36. The van der Waals surface area contributed by atoms with E-state index in [0.717, 1.165) is 5.56 Å². The Balaban J connectivity index is 2.93. The molecule has 1 rings (SSSR count). The third-order valence-electron chi connectivity index (χ3n) is 1.66. The normalized spacial score (nSPS) is 11.2. The highest BCUT2D eigenvalue weighted by Gasteiger charge is 2.09. The second-order valence-corrected chi connectivity index (χ2v) is 4.55. The molecule has 0 aliphatic rings. The first-order valence-corrected chi connectivity index (χ1v) is 5.60. The van der Waals surface area contributed by atoms with Gasteiger partial charge in [-0.1, -0.05) is 18.2 Å². The van der Waals surface area contributed by atoms with Gasteiger partial charge in [-0.25, -0.2) is 0 Å². The lowest BCUT2D eigenvalue weighted by Gasteiger charge is -2.06. The molecule has 0 amide bonds. The molecule has 0 fully saturated rings. The van der Waals surface area contributed by atoms with E-state index in [1.165, 1.54) is 0 Å². The summed E-state index contributed by atoms with van der Waals surface area (Å²) in [5.41, 5.74) is 0.819. The van der Waals surface area contributed by atoms with E-state index in [1.54, 1.807) is 32.0 Å². The summed E-state index contributed by atoms with van der Waals surface area (Å²) in [7, 11) is -3.40. The Bertz CT molecular complexity index is 382. The SMILES string of the molecule is CCS(=O)(=O)Oc1ccccc1C. The summed E-state index contributed by atoms with van der Waals surface area (Å²) in [5.74, 6) is 0.394. The van der Waals surface area contributed by atoms with Crippen LogP contribution in [0.4, 0.5) is 0 Å². The molecule has 0 spiro atoms. The second kappa shape index (κ2) is 3.79. The van der Waals surface area contributed by atoms with Crippen LogP contribution in [0.15, 0.2) is 24.3 Å². The van der Waals surface area contributed by atoms with Gasteiger partial charge in [0.15, 0.2) is 0 Å². The topological polar surface area (TPSA) is 43.4 Å². The van der Waals surface area contributed by atoms with Gasteiger partial charge < -0.3 is 4.18 Å². The molecule has 1 aromatic carbocycles. The van der Waals surface area contributed by atoms with Gasteiger partial charge in [-0.15, -0.1) is 0 Å². The Labute approximate surface area is 78.5 Å². The average molecular weight is 200 g/mol. The van der Waals surface area contributed by atoms with E-state index >= 15 is 0 Å². The van der Waals surface area contributed by atoms with Gasteiger partial charge in [-0.05, 0) is 25.5 Å². The summed E-state index contributed by atoms with van der Waals surface area (Å²) in [6.07, 6.45) is 0. The molecule has 0 aliphatic carbocycles. The molecule has 0 saturated heterocycles. The van der Waals surface area contributed by atoms with Gasteiger partial charge >= 0.3 is 10.1 Å². The van der Waals surface area contributed by atoms with Crippen molar-refractivity contribution >= 4 is 10.1 Å². The van der Waals surface area contributed by atoms with Crippen molar-refractivity contribution in [3.8, 4) is 5.75 Å². The third-order valence-corrected chi connectivity index (χ3v) is 2.80. The summed E-state index contributed by atoms with van der Waals surface area (Å²) in [4.78, 5) is 0. The number of aryl methyl sites for hydroxylation is 1. The zero-order valence-electron chi connectivity index (χ0n) is 7.65.